The predicted molar refractivity (Wildman–Crippen MR) is 136 cm³/mol. The van der Waals surface area contributed by atoms with Gasteiger partial charge < -0.3 is 24.6 Å². The first-order chi connectivity index (χ1) is 16.8. The molecule has 2 aromatic heterocycles. The summed E-state index contributed by atoms with van der Waals surface area (Å²) in [5, 5.41) is 13.5. The number of thiocarbonyl (C=S) groups is 1. The fraction of sp³-hybridized carbons (Fsp3) is 0.308. The Morgan fingerprint density at radius 3 is 2.66 bits per heavy atom. The molecular weight excluding hydrogens is 464 g/mol. The summed E-state index contributed by atoms with van der Waals surface area (Å²) >= 11 is 5.72. The second-order valence-electron chi connectivity index (χ2n) is 8.52. The zero-order valence-corrected chi connectivity index (χ0v) is 20.7. The molecule has 9 heteroatoms. The number of ether oxygens (including phenoxy) is 1. The van der Waals surface area contributed by atoms with Crippen molar-refractivity contribution >= 4 is 29.3 Å². The Kier molecular flexibility index (Phi) is 7.16. The normalized spacial score (nSPS) is 17.3. The molecular formula is C26H28N4O4S. The molecule has 3 aromatic rings. The van der Waals surface area contributed by atoms with Gasteiger partial charge in [-0.15, -0.1) is 0 Å². The number of methoxy groups -OCH3 is 1. The lowest BCUT2D eigenvalue weighted by molar-refractivity contribution is -0.140. The van der Waals surface area contributed by atoms with Gasteiger partial charge >= 0.3 is 11.9 Å². The number of carbonyl (C=O) groups excluding carboxylic acids is 1. The summed E-state index contributed by atoms with van der Waals surface area (Å²) in [5.74, 6) is -1.22. The largest absolute Gasteiger partial charge is 0.478 e. The maximum atomic E-state index is 11.7. The Morgan fingerprint density at radius 1 is 1.17 bits per heavy atom. The minimum Gasteiger partial charge on any atom is -0.478 e. The van der Waals surface area contributed by atoms with Gasteiger partial charge in [-0.1, -0.05) is 12.1 Å². The number of benzene rings is 1. The molecule has 1 aromatic carbocycles. The Morgan fingerprint density at radius 2 is 1.97 bits per heavy atom. The lowest BCUT2D eigenvalue weighted by Gasteiger charge is -2.28. The average molecular weight is 493 g/mol. The number of nitrogens with zero attached hydrogens (tertiary/aromatic N) is 3. The van der Waals surface area contributed by atoms with E-state index in [0.29, 0.717) is 24.5 Å². The molecule has 2 atom stereocenters. The molecule has 8 nitrogen and oxygen atoms in total. The number of hydrogen-bond donors (Lipinski definition) is 2. The summed E-state index contributed by atoms with van der Waals surface area (Å²) in [7, 11) is 1.39. The van der Waals surface area contributed by atoms with E-state index in [9.17, 15) is 14.7 Å². The molecule has 0 aliphatic carbocycles. The Labute approximate surface area is 209 Å². The minimum atomic E-state index is -0.966. The van der Waals surface area contributed by atoms with Gasteiger partial charge in [0, 0.05) is 36.2 Å². The topological polar surface area (TPSA) is 96.7 Å². The first-order valence-electron chi connectivity index (χ1n) is 11.4. The summed E-state index contributed by atoms with van der Waals surface area (Å²) in [6.45, 7) is 4.61. The summed E-state index contributed by atoms with van der Waals surface area (Å²) < 4.78 is 6.86. The number of nitrogens with one attached hydrogen (secondary N) is 1. The lowest BCUT2D eigenvalue weighted by Crippen LogP contribution is -2.31. The van der Waals surface area contributed by atoms with Crippen LogP contribution in [0.1, 0.15) is 57.9 Å². The van der Waals surface area contributed by atoms with Crippen LogP contribution in [-0.2, 0) is 9.53 Å². The van der Waals surface area contributed by atoms with Crippen molar-refractivity contribution < 1.29 is 19.4 Å². The fourth-order valence-electron chi connectivity index (χ4n) is 4.74. The van der Waals surface area contributed by atoms with Crippen LogP contribution in [0.25, 0.3) is 5.69 Å². The average Bonchev–Trinajstić information content (AvgIpc) is 3.34. The molecule has 4 rings (SSSR count). The van der Waals surface area contributed by atoms with Crippen LogP contribution in [-0.4, -0.2) is 50.3 Å². The number of esters is 1. The van der Waals surface area contributed by atoms with E-state index in [4.69, 9.17) is 17.0 Å². The van der Waals surface area contributed by atoms with Gasteiger partial charge in [-0.3, -0.25) is 9.78 Å². The van der Waals surface area contributed by atoms with E-state index >= 15 is 0 Å². The van der Waals surface area contributed by atoms with E-state index in [-0.39, 0.29) is 23.6 Å². The number of carboxylic acids is 1. The Hall–Kier alpha value is -3.72. The van der Waals surface area contributed by atoms with Crippen molar-refractivity contribution in [3.05, 3.63) is 82.9 Å². The van der Waals surface area contributed by atoms with Crippen LogP contribution >= 0.6 is 12.2 Å². The van der Waals surface area contributed by atoms with Gasteiger partial charge in [0.15, 0.2) is 5.11 Å². The van der Waals surface area contributed by atoms with E-state index in [0.717, 1.165) is 28.3 Å². The smallest absolute Gasteiger partial charge is 0.335 e. The molecule has 1 aliphatic heterocycles. The van der Waals surface area contributed by atoms with Crippen molar-refractivity contribution in [1.29, 1.82) is 0 Å². The van der Waals surface area contributed by atoms with Crippen LogP contribution in [0, 0.1) is 13.8 Å². The van der Waals surface area contributed by atoms with Crippen LogP contribution in [0.2, 0.25) is 0 Å². The van der Waals surface area contributed by atoms with Crippen LogP contribution in [0.3, 0.4) is 0 Å². The summed E-state index contributed by atoms with van der Waals surface area (Å²) in [6.07, 6.45) is 2.66. The second kappa shape index (κ2) is 10.3. The van der Waals surface area contributed by atoms with Crippen LogP contribution in [0.5, 0.6) is 0 Å². The number of aromatic nitrogens is 2. The molecule has 3 heterocycles. The summed E-state index contributed by atoms with van der Waals surface area (Å²) in [4.78, 5) is 29.9. The van der Waals surface area contributed by atoms with Gasteiger partial charge in [-0.25, -0.2) is 4.79 Å². The van der Waals surface area contributed by atoms with Crippen molar-refractivity contribution in [3.8, 4) is 5.69 Å². The van der Waals surface area contributed by atoms with Gasteiger partial charge in [0.25, 0.3) is 0 Å². The van der Waals surface area contributed by atoms with E-state index in [1.165, 1.54) is 7.11 Å². The molecule has 1 saturated heterocycles. The van der Waals surface area contributed by atoms with Crippen LogP contribution in [0.15, 0.2) is 54.7 Å². The molecule has 182 valence electrons. The Bertz CT molecular complexity index is 1260. The number of aryl methyl sites for hydroxylation is 1. The standard InChI is InChI=1S/C26H28N4O4S/c1-16-14-20(17(2)30(16)19-9-6-8-18(15-19)25(32)33)24-23(21-10-4-5-12-27-21)28-26(35)29(24)13-7-11-22(31)34-3/h4-6,8-10,12,14-15,23-24H,7,11,13H2,1-3H3,(H,28,35)(H,32,33)/t23-,24+/m1/s1. The van der Waals surface area contributed by atoms with Gasteiger partial charge in [0.1, 0.15) is 0 Å². The van der Waals surface area contributed by atoms with Gasteiger partial charge in [-0.05, 0) is 74.4 Å². The van der Waals surface area contributed by atoms with Crippen molar-refractivity contribution in [2.75, 3.05) is 13.7 Å². The maximum absolute atomic E-state index is 11.7. The highest BCUT2D eigenvalue weighted by atomic mass is 32.1. The number of carboxylic acid groups (broad SMARTS) is 1. The molecule has 0 bridgehead atoms. The molecule has 2 N–H and O–H groups in total. The third-order valence-corrected chi connectivity index (χ3v) is 6.70. The maximum Gasteiger partial charge on any atom is 0.335 e. The second-order valence-corrected chi connectivity index (χ2v) is 8.90. The van der Waals surface area contributed by atoms with E-state index in [2.05, 4.69) is 25.8 Å². The number of hydrogen-bond acceptors (Lipinski definition) is 5. The van der Waals surface area contributed by atoms with Crippen LogP contribution in [0.4, 0.5) is 0 Å². The number of carbonyl (C=O) groups is 2. The third kappa shape index (κ3) is 4.90. The summed E-state index contributed by atoms with van der Waals surface area (Å²) in [5.41, 5.74) is 4.91. The molecule has 35 heavy (non-hydrogen) atoms. The monoisotopic (exact) mass is 492 g/mol. The predicted octanol–water partition coefficient (Wildman–Crippen LogP) is 4.11. The first-order valence-corrected chi connectivity index (χ1v) is 11.8. The van der Waals surface area contributed by atoms with Crippen molar-refractivity contribution in [3.63, 3.8) is 0 Å². The molecule has 0 unspecified atom stereocenters. The highest BCUT2D eigenvalue weighted by Crippen LogP contribution is 2.41. The zero-order valence-electron chi connectivity index (χ0n) is 19.9. The molecule has 0 spiro atoms. The molecule has 0 amide bonds. The highest BCUT2D eigenvalue weighted by Gasteiger charge is 2.41. The quantitative estimate of drug-likeness (QED) is 0.358. The zero-order chi connectivity index (χ0) is 25.1. The number of pyridine rings is 1. The molecule has 1 fully saturated rings. The van der Waals surface area contributed by atoms with Crippen LogP contribution < -0.4 is 5.32 Å². The van der Waals surface area contributed by atoms with Gasteiger partial charge in [-0.2, -0.15) is 0 Å². The molecule has 0 saturated carbocycles. The van der Waals surface area contributed by atoms with E-state index < -0.39 is 5.97 Å². The van der Waals surface area contributed by atoms with E-state index in [1.807, 2.05) is 38.1 Å². The fourth-order valence-corrected chi connectivity index (χ4v) is 5.07. The highest BCUT2D eigenvalue weighted by molar-refractivity contribution is 7.80. The first kappa shape index (κ1) is 24.4. The summed E-state index contributed by atoms with van der Waals surface area (Å²) in [6, 6.07) is 14.5. The number of rotatable bonds is 8. The van der Waals surface area contributed by atoms with Crippen molar-refractivity contribution in [2.24, 2.45) is 0 Å². The molecule has 0 radical (unpaired) electrons. The minimum absolute atomic E-state index is 0.155. The van der Waals surface area contributed by atoms with Gasteiger partial charge in [0.05, 0.1) is 30.5 Å². The Balaban J connectivity index is 1.76. The third-order valence-electron chi connectivity index (χ3n) is 6.35. The lowest BCUT2D eigenvalue weighted by atomic mass is 9.96. The van der Waals surface area contributed by atoms with Crippen molar-refractivity contribution in [2.45, 2.75) is 38.8 Å². The number of aromatic carboxylic acids is 1. The molecule has 1 aliphatic rings. The van der Waals surface area contributed by atoms with E-state index in [1.54, 1.807) is 24.4 Å². The van der Waals surface area contributed by atoms with Gasteiger partial charge in [0.2, 0.25) is 0 Å². The SMILES string of the molecule is COC(=O)CCCN1C(=S)N[C@H](c2ccccn2)[C@@H]1c1cc(C)n(-c2cccc(C(=O)O)c2)c1C. The van der Waals surface area contributed by atoms with Crippen molar-refractivity contribution in [1.82, 2.24) is 19.8 Å².